The van der Waals surface area contributed by atoms with Crippen LogP contribution in [0, 0.1) is 0 Å². The molecular formula is C15H25NO2S. The third-order valence-corrected chi connectivity index (χ3v) is 4.76. The number of rotatable bonds is 9. The summed E-state index contributed by atoms with van der Waals surface area (Å²) in [5, 5.41) is 0. The standard InChI is InChI=1S/C15H25NO2S/c1-3-4-5-6-8-11-14(2)16-19(17,18)15-12-9-7-10-13-15/h7,9-10,12-14,16H,3-6,8,11H2,1-2H3. The van der Waals surface area contributed by atoms with Gasteiger partial charge in [-0.3, -0.25) is 0 Å². The van der Waals surface area contributed by atoms with Gasteiger partial charge in [0.1, 0.15) is 0 Å². The first kappa shape index (κ1) is 16.2. The van der Waals surface area contributed by atoms with Crippen molar-refractivity contribution in [1.29, 1.82) is 0 Å². The summed E-state index contributed by atoms with van der Waals surface area (Å²) in [6, 6.07) is 8.53. The van der Waals surface area contributed by atoms with Gasteiger partial charge in [0.15, 0.2) is 0 Å². The van der Waals surface area contributed by atoms with Crippen molar-refractivity contribution in [2.75, 3.05) is 0 Å². The summed E-state index contributed by atoms with van der Waals surface area (Å²) in [4.78, 5) is 0.341. The minimum absolute atomic E-state index is 0.00756. The van der Waals surface area contributed by atoms with Crippen LogP contribution in [0.2, 0.25) is 0 Å². The molecule has 1 rings (SSSR count). The van der Waals surface area contributed by atoms with E-state index in [0.717, 1.165) is 12.8 Å². The fourth-order valence-corrected chi connectivity index (χ4v) is 3.34. The Morgan fingerprint density at radius 2 is 1.68 bits per heavy atom. The van der Waals surface area contributed by atoms with Gasteiger partial charge in [-0.15, -0.1) is 0 Å². The summed E-state index contributed by atoms with van der Waals surface area (Å²) in [5.74, 6) is 0. The Kier molecular flexibility index (Phi) is 7.10. The van der Waals surface area contributed by atoms with Crippen molar-refractivity contribution in [2.45, 2.75) is 63.3 Å². The fraction of sp³-hybridized carbons (Fsp3) is 0.600. The van der Waals surface area contributed by atoms with Gasteiger partial charge in [-0.1, -0.05) is 57.2 Å². The SMILES string of the molecule is CCCCCCCC(C)NS(=O)(=O)c1ccccc1. The Balaban J connectivity index is 2.37. The lowest BCUT2D eigenvalue weighted by Crippen LogP contribution is -2.32. The predicted octanol–water partition coefficient (Wildman–Crippen LogP) is 3.71. The van der Waals surface area contributed by atoms with Crippen molar-refractivity contribution >= 4 is 10.0 Å². The van der Waals surface area contributed by atoms with E-state index in [2.05, 4.69) is 11.6 Å². The van der Waals surface area contributed by atoms with Gasteiger partial charge in [-0.25, -0.2) is 13.1 Å². The highest BCUT2D eigenvalue weighted by atomic mass is 32.2. The van der Waals surface area contributed by atoms with Crippen LogP contribution < -0.4 is 4.72 Å². The largest absolute Gasteiger partial charge is 0.240 e. The molecule has 0 aliphatic carbocycles. The normalized spacial score (nSPS) is 13.4. The maximum atomic E-state index is 12.1. The Bertz CT molecular complexity index is 442. The average Bonchev–Trinajstić information content (AvgIpc) is 2.39. The highest BCUT2D eigenvalue weighted by molar-refractivity contribution is 7.89. The van der Waals surface area contributed by atoms with Crippen LogP contribution in [0.4, 0.5) is 0 Å². The van der Waals surface area contributed by atoms with Crippen molar-refractivity contribution in [3.63, 3.8) is 0 Å². The van der Waals surface area contributed by atoms with E-state index >= 15 is 0 Å². The maximum Gasteiger partial charge on any atom is 0.240 e. The lowest BCUT2D eigenvalue weighted by atomic mass is 10.1. The molecule has 1 aromatic rings. The summed E-state index contributed by atoms with van der Waals surface area (Å²) in [6.07, 6.45) is 6.91. The van der Waals surface area contributed by atoms with Gasteiger partial charge in [0.2, 0.25) is 10.0 Å². The van der Waals surface area contributed by atoms with Crippen LogP contribution in [0.3, 0.4) is 0 Å². The molecule has 1 atom stereocenters. The van der Waals surface area contributed by atoms with E-state index in [1.807, 2.05) is 13.0 Å². The van der Waals surface area contributed by atoms with Gasteiger partial charge < -0.3 is 0 Å². The van der Waals surface area contributed by atoms with Crippen LogP contribution in [-0.2, 0) is 10.0 Å². The van der Waals surface area contributed by atoms with E-state index in [9.17, 15) is 8.42 Å². The van der Waals surface area contributed by atoms with E-state index in [4.69, 9.17) is 0 Å². The van der Waals surface area contributed by atoms with Crippen LogP contribution in [0.25, 0.3) is 0 Å². The van der Waals surface area contributed by atoms with Crippen LogP contribution in [-0.4, -0.2) is 14.5 Å². The average molecular weight is 283 g/mol. The molecule has 1 aromatic carbocycles. The summed E-state index contributed by atoms with van der Waals surface area (Å²) in [6.45, 7) is 4.12. The summed E-state index contributed by atoms with van der Waals surface area (Å²) >= 11 is 0. The summed E-state index contributed by atoms with van der Waals surface area (Å²) in [5.41, 5.74) is 0. The molecule has 19 heavy (non-hydrogen) atoms. The maximum absolute atomic E-state index is 12.1. The molecule has 0 radical (unpaired) electrons. The summed E-state index contributed by atoms with van der Waals surface area (Å²) < 4.78 is 26.9. The Hall–Kier alpha value is -0.870. The van der Waals surface area contributed by atoms with Gasteiger partial charge >= 0.3 is 0 Å². The zero-order chi connectivity index (χ0) is 14.1. The molecule has 0 amide bonds. The molecule has 0 aliphatic heterocycles. The van der Waals surface area contributed by atoms with Crippen molar-refractivity contribution in [2.24, 2.45) is 0 Å². The molecule has 0 saturated heterocycles. The number of unbranched alkanes of at least 4 members (excludes halogenated alkanes) is 4. The fourth-order valence-electron chi connectivity index (χ4n) is 2.05. The van der Waals surface area contributed by atoms with E-state index in [0.29, 0.717) is 4.90 Å². The Labute approximate surface area is 117 Å². The van der Waals surface area contributed by atoms with Gasteiger partial charge in [0.05, 0.1) is 4.90 Å². The number of nitrogens with one attached hydrogen (secondary N) is 1. The van der Waals surface area contributed by atoms with Crippen LogP contribution >= 0.6 is 0 Å². The second-order valence-electron chi connectivity index (χ2n) is 5.04. The van der Waals surface area contributed by atoms with Crippen LogP contribution in [0.1, 0.15) is 52.4 Å². The van der Waals surface area contributed by atoms with Gasteiger partial charge in [-0.05, 0) is 25.5 Å². The molecule has 3 nitrogen and oxygen atoms in total. The molecular weight excluding hydrogens is 258 g/mol. The van der Waals surface area contributed by atoms with E-state index in [1.165, 1.54) is 25.7 Å². The van der Waals surface area contributed by atoms with Crippen molar-refractivity contribution in [3.8, 4) is 0 Å². The first-order chi connectivity index (χ1) is 9.06. The van der Waals surface area contributed by atoms with Crippen molar-refractivity contribution in [1.82, 2.24) is 4.72 Å². The second-order valence-corrected chi connectivity index (χ2v) is 6.75. The smallest absolute Gasteiger partial charge is 0.208 e. The zero-order valence-corrected chi connectivity index (χ0v) is 12.7. The summed E-state index contributed by atoms with van der Waals surface area (Å²) in [7, 11) is -3.36. The minimum atomic E-state index is -3.36. The lowest BCUT2D eigenvalue weighted by Gasteiger charge is -2.14. The van der Waals surface area contributed by atoms with Gasteiger partial charge in [0.25, 0.3) is 0 Å². The third kappa shape index (κ3) is 6.21. The van der Waals surface area contributed by atoms with Gasteiger partial charge in [-0.2, -0.15) is 0 Å². The highest BCUT2D eigenvalue weighted by Crippen LogP contribution is 2.11. The second kappa shape index (κ2) is 8.33. The van der Waals surface area contributed by atoms with Gasteiger partial charge in [0, 0.05) is 6.04 Å². The first-order valence-corrected chi connectivity index (χ1v) is 8.62. The van der Waals surface area contributed by atoms with Crippen LogP contribution in [0.5, 0.6) is 0 Å². The van der Waals surface area contributed by atoms with E-state index in [1.54, 1.807) is 24.3 Å². The van der Waals surface area contributed by atoms with Crippen molar-refractivity contribution in [3.05, 3.63) is 30.3 Å². The molecule has 1 N–H and O–H groups in total. The molecule has 0 saturated carbocycles. The third-order valence-electron chi connectivity index (χ3n) is 3.15. The molecule has 0 heterocycles. The molecule has 0 aliphatic rings. The Morgan fingerprint density at radius 1 is 1.05 bits per heavy atom. The molecule has 0 aromatic heterocycles. The minimum Gasteiger partial charge on any atom is -0.208 e. The number of sulfonamides is 1. The predicted molar refractivity (Wildman–Crippen MR) is 79.6 cm³/mol. The molecule has 1 unspecified atom stereocenters. The number of hydrogen-bond acceptors (Lipinski definition) is 2. The zero-order valence-electron chi connectivity index (χ0n) is 11.9. The molecule has 0 spiro atoms. The van der Waals surface area contributed by atoms with Crippen molar-refractivity contribution < 1.29 is 8.42 Å². The Morgan fingerprint density at radius 3 is 2.32 bits per heavy atom. The molecule has 4 heteroatoms. The quantitative estimate of drug-likeness (QED) is 0.702. The number of benzene rings is 1. The van der Waals surface area contributed by atoms with Crippen LogP contribution in [0.15, 0.2) is 35.2 Å². The first-order valence-electron chi connectivity index (χ1n) is 7.13. The van der Waals surface area contributed by atoms with E-state index < -0.39 is 10.0 Å². The monoisotopic (exact) mass is 283 g/mol. The highest BCUT2D eigenvalue weighted by Gasteiger charge is 2.16. The van der Waals surface area contributed by atoms with E-state index in [-0.39, 0.29) is 6.04 Å². The molecule has 0 fully saturated rings. The molecule has 0 bridgehead atoms. The molecule has 108 valence electrons. The lowest BCUT2D eigenvalue weighted by molar-refractivity contribution is 0.518. The number of hydrogen-bond donors (Lipinski definition) is 1. The topological polar surface area (TPSA) is 46.2 Å².